The van der Waals surface area contributed by atoms with Gasteiger partial charge in [-0.05, 0) is 113 Å². The number of nitrogens with one attached hydrogen (secondary N) is 2. The van der Waals surface area contributed by atoms with Gasteiger partial charge in [0.2, 0.25) is 5.91 Å². The normalized spacial score (nSPS) is 13.4. The van der Waals surface area contributed by atoms with Crippen LogP contribution in [0.15, 0.2) is 66.7 Å². The molecule has 3 rings (SSSR count). The van der Waals surface area contributed by atoms with E-state index in [1.54, 1.807) is 62.9 Å². The van der Waals surface area contributed by atoms with Crippen molar-refractivity contribution in [3.8, 4) is 11.5 Å². The van der Waals surface area contributed by atoms with Gasteiger partial charge in [-0.2, -0.15) is 0 Å². The second-order valence-corrected chi connectivity index (χ2v) is 13.4. The molecule has 9 heteroatoms. The third-order valence-corrected chi connectivity index (χ3v) is 7.72. The zero-order valence-corrected chi connectivity index (χ0v) is 28.3. The zero-order chi connectivity index (χ0) is 34.2. The maximum absolute atomic E-state index is 14.9. The summed E-state index contributed by atoms with van der Waals surface area (Å²) in [5, 5.41) is 26.0. The van der Waals surface area contributed by atoms with Crippen LogP contribution in [-0.4, -0.2) is 50.7 Å². The van der Waals surface area contributed by atoms with Crippen LogP contribution in [0.2, 0.25) is 0 Å². The van der Waals surface area contributed by atoms with Gasteiger partial charge in [0.15, 0.2) is 0 Å². The highest BCUT2D eigenvalue weighted by Gasteiger charge is 2.39. The Morgan fingerprint density at radius 1 is 0.870 bits per heavy atom. The molecule has 46 heavy (non-hydrogen) atoms. The Labute approximate surface area is 273 Å². The van der Waals surface area contributed by atoms with Crippen LogP contribution in [0.4, 0.5) is 10.5 Å². The molecule has 3 aromatic carbocycles. The summed E-state index contributed by atoms with van der Waals surface area (Å²) in [6, 6.07) is 16.1. The van der Waals surface area contributed by atoms with Crippen molar-refractivity contribution in [2.45, 2.75) is 98.4 Å². The van der Waals surface area contributed by atoms with Crippen LogP contribution < -0.4 is 10.6 Å². The number of hydrogen-bond acceptors (Lipinski definition) is 6. The molecular formula is C37H49N3O6. The molecule has 0 bridgehead atoms. The van der Waals surface area contributed by atoms with Gasteiger partial charge in [0, 0.05) is 18.2 Å². The number of aryl methyl sites for hydroxylation is 2. The lowest BCUT2D eigenvalue weighted by Gasteiger charge is -2.39. The summed E-state index contributed by atoms with van der Waals surface area (Å²) in [6.45, 7) is 15.0. The second-order valence-electron chi connectivity index (χ2n) is 13.4. The minimum Gasteiger partial charge on any atom is -0.508 e. The molecule has 0 saturated heterocycles. The second kappa shape index (κ2) is 15.7. The lowest BCUT2D eigenvalue weighted by Crippen LogP contribution is -2.55. The summed E-state index contributed by atoms with van der Waals surface area (Å²) >= 11 is 0. The van der Waals surface area contributed by atoms with E-state index < -0.39 is 41.6 Å². The lowest BCUT2D eigenvalue weighted by atomic mass is 9.95. The molecule has 0 saturated carbocycles. The molecule has 3 amide bonds. The molecule has 0 radical (unpaired) electrons. The van der Waals surface area contributed by atoms with Crippen molar-refractivity contribution in [3.05, 3.63) is 89.0 Å². The van der Waals surface area contributed by atoms with Gasteiger partial charge >= 0.3 is 6.09 Å². The van der Waals surface area contributed by atoms with Gasteiger partial charge in [-0.1, -0.05) is 50.2 Å². The fourth-order valence-corrected chi connectivity index (χ4v) is 5.21. The predicted molar refractivity (Wildman–Crippen MR) is 181 cm³/mol. The first-order chi connectivity index (χ1) is 21.6. The molecule has 0 aliphatic carbocycles. The van der Waals surface area contributed by atoms with E-state index in [2.05, 4.69) is 24.5 Å². The minimum absolute atomic E-state index is 0.0735. The maximum atomic E-state index is 14.9. The molecule has 248 valence electrons. The van der Waals surface area contributed by atoms with E-state index in [0.717, 1.165) is 12.0 Å². The molecule has 0 fully saturated rings. The maximum Gasteiger partial charge on any atom is 0.408 e. The van der Waals surface area contributed by atoms with E-state index in [1.807, 2.05) is 32.0 Å². The number of carbonyl (C=O) groups is 3. The number of amides is 3. The largest absolute Gasteiger partial charge is 0.508 e. The number of phenols is 2. The number of phenolic OH excluding ortho intramolecular Hbond substituents is 2. The van der Waals surface area contributed by atoms with Crippen LogP contribution in [0.25, 0.3) is 0 Å². The Morgan fingerprint density at radius 2 is 1.52 bits per heavy atom. The molecule has 0 spiro atoms. The standard InChI is InChI=1S/C37H49N3O6/c1-23(2)13-14-26(5)40(35(44)31(39-36(45)46-37(6,7)8)22-27-15-18-29(41)19-16-27)33(28-17-20-32(42)25(4)21-28)34(43)38-30-12-10-9-11-24(30)3/h9-12,15-21,23,26,31,33,41-42H,13-14,22H2,1-8H3,(H,38,43)(H,39,45). The van der Waals surface area contributed by atoms with Gasteiger partial charge in [0.25, 0.3) is 5.91 Å². The van der Waals surface area contributed by atoms with E-state index in [4.69, 9.17) is 4.74 Å². The summed E-state index contributed by atoms with van der Waals surface area (Å²) in [5.74, 6) is -0.395. The Bertz CT molecular complexity index is 1500. The number of carbonyl (C=O) groups excluding carboxylic acids is 3. The number of benzene rings is 3. The van der Waals surface area contributed by atoms with Crippen LogP contribution in [0.1, 0.15) is 82.7 Å². The Kier molecular flexibility index (Phi) is 12.2. The Balaban J connectivity index is 2.17. The fourth-order valence-electron chi connectivity index (χ4n) is 5.21. The summed E-state index contributed by atoms with van der Waals surface area (Å²) in [7, 11) is 0. The first-order valence-corrected chi connectivity index (χ1v) is 15.8. The first-order valence-electron chi connectivity index (χ1n) is 15.8. The third kappa shape index (κ3) is 10.3. The molecule has 0 aliphatic heterocycles. The molecule has 4 N–H and O–H groups in total. The van der Waals surface area contributed by atoms with Crippen LogP contribution in [0.3, 0.4) is 0 Å². The molecule has 3 atom stereocenters. The van der Waals surface area contributed by atoms with Crippen LogP contribution in [0, 0.1) is 19.8 Å². The zero-order valence-electron chi connectivity index (χ0n) is 28.3. The Hall–Kier alpha value is -4.53. The van der Waals surface area contributed by atoms with Crippen molar-refractivity contribution in [2.24, 2.45) is 5.92 Å². The molecule has 0 heterocycles. The number of rotatable bonds is 12. The van der Waals surface area contributed by atoms with Gasteiger partial charge in [-0.25, -0.2) is 4.79 Å². The van der Waals surface area contributed by atoms with Gasteiger partial charge in [-0.3, -0.25) is 9.59 Å². The van der Waals surface area contributed by atoms with Crippen molar-refractivity contribution in [3.63, 3.8) is 0 Å². The summed E-state index contributed by atoms with van der Waals surface area (Å²) in [5.41, 5.74) is 2.44. The number of hydrogen-bond donors (Lipinski definition) is 4. The molecule has 0 aliphatic rings. The monoisotopic (exact) mass is 631 g/mol. The molecule has 9 nitrogen and oxygen atoms in total. The van der Waals surface area contributed by atoms with Crippen LogP contribution in [-0.2, 0) is 20.7 Å². The summed E-state index contributed by atoms with van der Waals surface area (Å²) in [4.78, 5) is 43.9. The average Bonchev–Trinajstić information content (AvgIpc) is 2.96. The number of alkyl carbamates (subject to hydrolysis) is 1. The van der Waals surface area contributed by atoms with Crippen molar-refractivity contribution in [1.82, 2.24) is 10.2 Å². The van der Waals surface area contributed by atoms with Crippen LogP contribution in [0.5, 0.6) is 11.5 Å². The number of ether oxygens (including phenoxy) is 1. The van der Waals surface area contributed by atoms with E-state index in [1.165, 1.54) is 18.2 Å². The number of nitrogens with zero attached hydrogens (tertiary/aromatic N) is 1. The fraction of sp³-hybridized carbons (Fsp3) is 0.432. The van der Waals surface area contributed by atoms with Gasteiger partial charge in [0.05, 0.1) is 0 Å². The van der Waals surface area contributed by atoms with Crippen molar-refractivity contribution >= 4 is 23.6 Å². The van der Waals surface area contributed by atoms with E-state index in [-0.39, 0.29) is 17.9 Å². The van der Waals surface area contributed by atoms with Gasteiger partial charge in [-0.15, -0.1) is 0 Å². The minimum atomic E-state index is -1.10. The molecule has 3 aromatic rings. The molecular weight excluding hydrogens is 582 g/mol. The van der Waals surface area contributed by atoms with Crippen molar-refractivity contribution in [2.75, 3.05) is 5.32 Å². The summed E-state index contributed by atoms with van der Waals surface area (Å²) < 4.78 is 5.54. The predicted octanol–water partition coefficient (Wildman–Crippen LogP) is 7.18. The van der Waals surface area contributed by atoms with Crippen molar-refractivity contribution < 1.29 is 29.3 Å². The van der Waals surface area contributed by atoms with E-state index >= 15 is 0 Å². The Morgan fingerprint density at radius 3 is 2.11 bits per heavy atom. The quantitative estimate of drug-likeness (QED) is 0.168. The third-order valence-electron chi connectivity index (χ3n) is 7.72. The number of aromatic hydroxyl groups is 2. The van der Waals surface area contributed by atoms with Crippen molar-refractivity contribution in [1.29, 1.82) is 0 Å². The highest BCUT2D eigenvalue weighted by Crippen LogP contribution is 2.32. The average molecular weight is 632 g/mol. The SMILES string of the molecule is Cc1cc(C(C(=O)Nc2ccccc2C)N(C(=O)C(Cc2ccc(O)cc2)NC(=O)OC(C)(C)C)C(C)CCC(C)C)ccc1O. The number of anilines is 1. The first kappa shape index (κ1) is 35.9. The topological polar surface area (TPSA) is 128 Å². The highest BCUT2D eigenvalue weighted by molar-refractivity contribution is 5.99. The van der Waals surface area contributed by atoms with E-state index in [0.29, 0.717) is 34.7 Å². The highest BCUT2D eigenvalue weighted by atomic mass is 16.6. The van der Waals surface area contributed by atoms with Gasteiger partial charge in [0.1, 0.15) is 29.2 Å². The van der Waals surface area contributed by atoms with E-state index in [9.17, 15) is 24.6 Å². The smallest absolute Gasteiger partial charge is 0.408 e. The van der Waals surface area contributed by atoms with Gasteiger partial charge < -0.3 is 30.5 Å². The number of para-hydroxylation sites is 1. The van der Waals surface area contributed by atoms with Crippen LogP contribution >= 0.6 is 0 Å². The molecule has 0 aromatic heterocycles. The summed E-state index contributed by atoms with van der Waals surface area (Å²) in [6.07, 6.45) is 0.730. The lowest BCUT2D eigenvalue weighted by molar-refractivity contribution is -0.143. The molecule has 3 unspecified atom stereocenters.